The molecule has 0 aliphatic heterocycles. The maximum absolute atomic E-state index is 5.89. The summed E-state index contributed by atoms with van der Waals surface area (Å²) in [7, 11) is 3.24. The third-order valence-corrected chi connectivity index (χ3v) is 4.02. The summed E-state index contributed by atoms with van der Waals surface area (Å²) in [4.78, 5) is 4.40. The summed E-state index contributed by atoms with van der Waals surface area (Å²) in [6.45, 7) is 1.18. The Balaban J connectivity index is 1.48. The number of para-hydroxylation sites is 2. The molecule has 1 heterocycles. The summed E-state index contributed by atoms with van der Waals surface area (Å²) in [5.74, 6) is 2.79. The van der Waals surface area contributed by atoms with Crippen molar-refractivity contribution in [3.63, 3.8) is 0 Å². The van der Waals surface area contributed by atoms with Crippen LogP contribution in [0.1, 0.15) is 12.8 Å². The topological polar surface area (TPSA) is 49.8 Å². The lowest BCUT2D eigenvalue weighted by Crippen LogP contribution is -2.04. The van der Waals surface area contributed by atoms with Crippen LogP contribution >= 0.6 is 0 Å². The van der Waals surface area contributed by atoms with Gasteiger partial charge in [0.1, 0.15) is 11.3 Å². The average Bonchev–Trinajstić information content (AvgIpc) is 2.70. The molecule has 0 aliphatic carbocycles. The van der Waals surface area contributed by atoms with Gasteiger partial charge in [0.2, 0.25) is 5.75 Å². The molecule has 0 fully saturated rings. The summed E-state index contributed by atoms with van der Waals surface area (Å²) >= 11 is 0. The molecule has 3 rings (SSSR count). The molecule has 3 aromatic rings. The molecule has 0 saturated carbocycles. The molecule has 1 aromatic heterocycles. The van der Waals surface area contributed by atoms with Gasteiger partial charge in [-0.15, -0.1) is 0 Å². The van der Waals surface area contributed by atoms with E-state index >= 15 is 0 Å². The van der Waals surface area contributed by atoms with E-state index in [4.69, 9.17) is 18.9 Å². The molecule has 0 aliphatic rings. The van der Waals surface area contributed by atoms with Crippen LogP contribution in [0.25, 0.3) is 10.9 Å². The zero-order valence-electron chi connectivity index (χ0n) is 15.1. The predicted molar refractivity (Wildman–Crippen MR) is 102 cm³/mol. The lowest BCUT2D eigenvalue weighted by molar-refractivity contribution is 0.249. The van der Waals surface area contributed by atoms with Crippen molar-refractivity contribution in [2.75, 3.05) is 27.4 Å². The molecule has 26 heavy (non-hydrogen) atoms. The first-order valence-electron chi connectivity index (χ1n) is 8.64. The van der Waals surface area contributed by atoms with Crippen LogP contribution in [-0.2, 0) is 0 Å². The van der Waals surface area contributed by atoms with Crippen LogP contribution in [0, 0.1) is 0 Å². The number of hydrogen-bond acceptors (Lipinski definition) is 5. The Morgan fingerprint density at radius 1 is 0.731 bits per heavy atom. The van der Waals surface area contributed by atoms with Crippen LogP contribution in [-0.4, -0.2) is 32.4 Å². The molecule has 5 nitrogen and oxygen atoms in total. The van der Waals surface area contributed by atoms with Crippen LogP contribution in [0.2, 0.25) is 0 Å². The summed E-state index contributed by atoms with van der Waals surface area (Å²) in [5.41, 5.74) is 0.894. The van der Waals surface area contributed by atoms with Crippen LogP contribution in [0.4, 0.5) is 0 Å². The highest BCUT2D eigenvalue weighted by atomic mass is 16.5. The molecule has 0 unspecified atom stereocenters. The lowest BCUT2D eigenvalue weighted by atomic mass is 10.2. The molecule has 0 N–H and O–H groups in total. The standard InChI is InChI=1S/C21H23NO4/c1-23-18-11-6-12-19(24-2)21(18)26-15-4-3-14-25-17-10-5-8-16-9-7-13-22-20(16)17/h5-13H,3-4,14-15H2,1-2H3. The van der Waals surface area contributed by atoms with Crippen molar-refractivity contribution < 1.29 is 18.9 Å². The number of unbranched alkanes of at least 4 members (excludes halogenated alkanes) is 1. The van der Waals surface area contributed by atoms with E-state index < -0.39 is 0 Å². The third-order valence-electron chi connectivity index (χ3n) is 4.02. The zero-order valence-corrected chi connectivity index (χ0v) is 15.1. The highest BCUT2D eigenvalue weighted by molar-refractivity contribution is 5.84. The second-order valence-electron chi connectivity index (χ2n) is 5.73. The van der Waals surface area contributed by atoms with Gasteiger partial charge in [0.05, 0.1) is 27.4 Å². The van der Waals surface area contributed by atoms with Crippen molar-refractivity contribution in [1.82, 2.24) is 4.98 Å². The second-order valence-corrected chi connectivity index (χ2v) is 5.73. The number of hydrogen-bond donors (Lipinski definition) is 0. The van der Waals surface area contributed by atoms with E-state index in [1.165, 1.54) is 0 Å². The maximum atomic E-state index is 5.89. The summed E-state index contributed by atoms with van der Waals surface area (Å²) < 4.78 is 22.4. The van der Waals surface area contributed by atoms with Gasteiger partial charge in [-0.2, -0.15) is 0 Å². The van der Waals surface area contributed by atoms with E-state index in [2.05, 4.69) is 4.98 Å². The minimum atomic E-state index is 0.563. The Hall–Kier alpha value is -2.95. The molecule has 136 valence electrons. The number of benzene rings is 2. The lowest BCUT2D eigenvalue weighted by Gasteiger charge is -2.14. The molecular formula is C21H23NO4. The second kappa shape index (κ2) is 8.94. The van der Waals surface area contributed by atoms with E-state index in [9.17, 15) is 0 Å². The van der Waals surface area contributed by atoms with E-state index in [1.807, 2.05) is 48.5 Å². The summed E-state index contributed by atoms with van der Waals surface area (Å²) in [6.07, 6.45) is 3.52. The average molecular weight is 353 g/mol. The van der Waals surface area contributed by atoms with Gasteiger partial charge < -0.3 is 18.9 Å². The van der Waals surface area contributed by atoms with Gasteiger partial charge in [0, 0.05) is 11.6 Å². The number of pyridine rings is 1. The van der Waals surface area contributed by atoms with Crippen molar-refractivity contribution >= 4 is 10.9 Å². The van der Waals surface area contributed by atoms with Gasteiger partial charge in [0.25, 0.3) is 0 Å². The largest absolute Gasteiger partial charge is 0.493 e. The number of fused-ring (bicyclic) bond motifs is 1. The van der Waals surface area contributed by atoms with Gasteiger partial charge in [-0.05, 0) is 37.1 Å². The minimum Gasteiger partial charge on any atom is -0.493 e. The molecule has 5 heteroatoms. The van der Waals surface area contributed by atoms with Crippen molar-refractivity contribution in [2.45, 2.75) is 12.8 Å². The number of aromatic nitrogens is 1. The SMILES string of the molecule is COc1cccc(OC)c1OCCCCOc1cccc2cccnc12. The molecular weight excluding hydrogens is 330 g/mol. The smallest absolute Gasteiger partial charge is 0.203 e. The van der Waals surface area contributed by atoms with E-state index in [1.54, 1.807) is 20.4 Å². The van der Waals surface area contributed by atoms with Crippen LogP contribution in [0.5, 0.6) is 23.0 Å². The van der Waals surface area contributed by atoms with E-state index in [0.717, 1.165) is 29.5 Å². The Morgan fingerprint density at radius 2 is 1.35 bits per heavy atom. The zero-order chi connectivity index (χ0) is 18.2. The first-order chi connectivity index (χ1) is 12.8. The van der Waals surface area contributed by atoms with Crippen LogP contribution in [0.15, 0.2) is 54.7 Å². The fourth-order valence-corrected chi connectivity index (χ4v) is 2.71. The third kappa shape index (κ3) is 4.17. The minimum absolute atomic E-state index is 0.563. The molecule has 0 saturated heterocycles. The molecule has 0 radical (unpaired) electrons. The molecule has 0 atom stereocenters. The quantitative estimate of drug-likeness (QED) is 0.531. The molecule has 0 bridgehead atoms. The summed E-state index contributed by atoms with van der Waals surface area (Å²) in [5, 5.41) is 1.08. The van der Waals surface area contributed by atoms with Crippen molar-refractivity contribution in [1.29, 1.82) is 0 Å². The van der Waals surface area contributed by atoms with Crippen LogP contribution < -0.4 is 18.9 Å². The molecule has 0 spiro atoms. The van der Waals surface area contributed by atoms with Gasteiger partial charge in [-0.3, -0.25) is 4.98 Å². The molecule has 0 amide bonds. The predicted octanol–water partition coefficient (Wildman–Crippen LogP) is 4.49. The fraction of sp³-hybridized carbons (Fsp3) is 0.286. The van der Waals surface area contributed by atoms with Crippen molar-refractivity contribution in [2.24, 2.45) is 0 Å². The van der Waals surface area contributed by atoms with Gasteiger partial charge in [-0.1, -0.05) is 24.3 Å². The Morgan fingerprint density at radius 3 is 2.08 bits per heavy atom. The Bertz CT molecular complexity index is 823. The van der Waals surface area contributed by atoms with E-state index in [0.29, 0.717) is 30.5 Å². The highest BCUT2D eigenvalue weighted by Gasteiger charge is 2.10. The van der Waals surface area contributed by atoms with Gasteiger partial charge in [-0.25, -0.2) is 0 Å². The van der Waals surface area contributed by atoms with Crippen molar-refractivity contribution in [3.05, 3.63) is 54.7 Å². The maximum Gasteiger partial charge on any atom is 0.203 e. The normalized spacial score (nSPS) is 10.5. The van der Waals surface area contributed by atoms with Crippen LogP contribution in [0.3, 0.4) is 0 Å². The number of rotatable bonds is 9. The number of methoxy groups -OCH3 is 2. The van der Waals surface area contributed by atoms with Gasteiger partial charge in [0.15, 0.2) is 11.5 Å². The van der Waals surface area contributed by atoms with E-state index in [-0.39, 0.29) is 0 Å². The fourth-order valence-electron chi connectivity index (χ4n) is 2.71. The monoisotopic (exact) mass is 353 g/mol. The molecule has 2 aromatic carbocycles. The highest BCUT2D eigenvalue weighted by Crippen LogP contribution is 2.36. The first kappa shape index (κ1) is 17.9. The Labute approximate surface area is 153 Å². The number of ether oxygens (including phenoxy) is 4. The van der Waals surface area contributed by atoms with Crippen molar-refractivity contribution in [3.8, 4) is 23.0 Å². The Kier molecular flexibility index (Phi) is 6.14. The number of nitrogens with zero attached hydrogens (tertiary/aromatic N) is 1. The van der Waals surface area contributed by atoms with Gasteiger partial charge >= 0.3 is 0 Å². The summed E-state index contributed by atoms with van der Waals surface area (Å²) in [6, 6.07) is 15.5. The first-order valence-corrected chi connectivity index (χ1v) is 8.64.